The number of nitrogens with one attached hydrogen (secondary N) is 1. The van der Waals surface area contributed by atoms with Crippen LogP contribution in [0.25, 0.3) is 0 Å². The quantitative estimate of drug-likeness (QED) is 0.829. The molecule has 0 radical (unpaired) electrons. The van der Waals surface area contributed by atoms with E-state index in [0.29, 0.717) is 5.82 Å². The number of benzene rings is 1. The zero-order chi connectivity index (χ0) is 12.4. The summed E-state index contributed by atoms with van der Waals surface area (Å²) in [6.07, 6.45) is 1.64. The Bertz CT molecular complexity index is 557. The fourth-order valence-corrected chi connectivity index (χ4v) is 1.58. The van der Waals surface area contributed by atoms with Crippen molar-refractivity contribution in [1.82, 2.24) is 9.97 Å². The number of hydrogen-bond acceptors (Lipinski definition) is 3. The van der Waals surface area contributed by atoms with E-state index in [2.05, 4.69) is 15.3 Å². The Balaban J connectivity index is 2.34. The van der Waals surface area contributed by atoms with Gasteiger partial charge in [-0.3, -0.25) is 0 Å². The number of aromatic nitrogens is 2. The smallest absolute Gasteiger partial charge is 0.224 e. The van der Waals surface area contributed by atoms with Crippen molar-refractivity contribution in [1.29, 1.82) is 0 Å². The van der Waals surface area contributed by atoms with Crippen LogP contribution in [0.3, 0.4) is 0 Å². The van der Waals surface area contributed by atoms with Crippen molar-refractivity contribution in [2.24, 2.45) is 0 Å². The third-order valence-corrected chi connectivity index (χ3v) is 2.57. The molecule has 2 rings (SSSR count). The highest BCUT2D eigenvalue weighted by Gasteiger charge is 2.05. The minimum absolute atomic E-state index is 0.179. The average molecular weight is 252 g/mol. The van der Waals surface area contributed by atoms with E-state index in [0.717, 1.165) is 16.8 Å². The van der Waals surface area contributed by atoms with E-state index in [1.54, 1.807) is 12.3 Å². The van der Waals surface area contributed by atoms with Crippen LogP contribution in [0.1, 0.15) is 11.1 Å². The maximum atomic E-state index is 13.0. The van der Waals surface area contributed by atoms with Crippen LogP contribution in [0.2, 0.25) is 5.28 Å². The molecular formula is C12H11ClFN3. The second-order valence-corrected chi connectivity index (χ2v) is 4.09. The first-order valence-corrected chi connectivity index (χ1v) is 5.46. The van der Waals surface area contributed by atoms with Gasteiger partial charge in [-0.2, -0.15) is 0 Å². The summed E-state index contributed by atoms with van der Waals surface area (Å²) in [7, 11) is 0. The zero-order valence-electron chi connectivity index (χ0n) is 9.46. The predicted octanol–water partition coefficient (Wildman–Crippen LogP) is 3.63. The molecule has 1 heterocycles. The van der Waals surface area contributed by atoms with Crippen LogP contribution in [-0.2, 0) is 0 Å². The molecule has 3 nitrogen and oxygen atoms in total. The van der Waals surface area contributed by atoms with Gasteiger partial charge in [0.2, 0.25) is 5.28 Å². The lowest BCUT2D eigenvalue weighted by molar-refractivity contribution is 0.627. The highest BCUT2D eigenvalue weighted by atomic mass is 35.5. The average Bonchev–Trinajstić information content (AvgIpc) is 2.27. The maximum absolute atomic E-state index is 13.0. The van der Waals surface area contributed by atoms with Crippen molar-refractivity contribution < 1.29 is 4.39 Å². The van der Waals surface area contributed by atoms with Gasteiger partial charge in [0.25, 0.3) is 0 Å². The molecule has 0 unspecified atom stereocenters. The van der Waals surface area contributed by atoms with Gasteiger partial charge in [0.05, 0.1) is 0 Å². The van der Waals surface area contributed by atoms with Crippen molar-refractivity contribution in [3.8, 4) is 0 Å². The Morgan fingerprint density at radius 2 is 2.00 bits per heavy atom. The van der Waals surface area contributed by atoms with E-state index in [1.807, 2.05) is 13.8 Å². The Kier molecular flexibility index (Phi) is 3.24. The van der Waals surface area contributed by atoms with E-state index < -0.39 is 0 Å². The fourth-order valence-electron chi connectivity index (χ4n) is 1.44. The summed E-state index contributed by atoms with van der Waals surface area (Å²) in [6, 6.07) is 4.52. The molecule has 0 fully saturated rings. The molecule has 88 valence electrons. The zero-order valence-corrected chi connectivity index (χ0v) is 10.2. The molecule has 5 heteroatoms. The number of rotatable bonds is 2. The normalized spacial score (nSPS) is 10.4. The maximum Gasteiger partial charge on any atom is 0.224 e. The van der Waals surface area contributed by atoms with Crippen LogP contribution in [0.15, 0.2) is 24.4 Å². The van der Waals surface area contributed by atoms with Crippen LogP contribution in [-0.4, -0.2) is 9.97 Å². The number of anilines is 2. The number of nitrogens with zero attached hydrogens (tertiary/aromatic N) is 2. The first-order valence-electron chi connectivity index (χ1n) is 5.08. The molecule has 2 aromatic rings. The van der Waals surface area contributed by atoms with Crippen LogP contribution in [0, 0.1) is 19.7 Å². The van der Waals surface area contributed by atoms with E-state index in [-0.39, 0.29) is 11.1 Å². The molecule has 1 N–H and O–H groups in total. The first kappa shape index (κ1) is 11.8. The summed E-state index contributed by atoms with van der Waals surface area (Å²) in [4.78, 5) is 7.95. The largest absolute Gasteiger partial charge is 0.340 e. The van der Waals surface area contributed by atoms with Gasteiger partial charge in [-0.1, -0.05) is 0 Å². The lowest BCUT2D eigenvalue weighted by Gasteiger charge is -2.10. The van der Waals surface area contributed by atoms with Crippen LogP contribution in [0.4, 0.5) is 15.9 Å². The van der Waals surface area contributed by atoms with Gasteiger partial charge in [0.1, 0.15) is 11.6 Å². The van der Waals surface area contributed by atoms with Gasteiger partial charge in [0, 0.05) is 17.4 Å². The third kappa shape index (κ3) is 2.71. The summed E-state index contributed by atoms with van der Waals surface area (Å²) in [5.74, 6) is 0.366. The Morgan fingerprint density at radius 3 is 2.71 bits per heavy atom. The summed E-state index contributed by atoms with van der Waals surface area (Å²) in [6.45, 7) is 3.70. The van der Waals surface area contributed by atoms with Gasteiger partial charge < -0.3 is 5.32 Å². The lowest BCUT2D eigenvalue weighted by Crippen LogP contribution is -1.99. The summed E-state index contributed by atoms with van der Waals surface area (Å²) in [5, 5.41) is 3.28. The number of hydrogen-bond donors (Lipinski definition) is 1. The summed E-state index contributed by atoms with van der Waals surface area (Å²) < 4.78 is 13.0. The van der Waals surface area contributed by atoms with Crippen molar-refractivity contribution in [3.63, 3.8) is 0 Å². The van der Waals surface area contributed by atoms with E-state index >= 15 is 0 Å². The van der Waals surface area contributed by atoms with Crippen LogP contribution in [0.5, 0.6) is 0 Å². The SMILES string of the molecule is Cc1cc(F)ccc1Nc1nc(Cl)ncc1C. The number of halogens is 2. The Hall–Kier alpha value is -1.68. The molecule has 0 atom stereocenters. The monoisotopic (exact) mass is 251 g/mol. The second-order valence-electron chi connectivity index (χ2n) is 3.75. The lowest BCUT2D eigenvalue weighted by atomic mass is 10.2. The molecule has 0 aliphatic heterocycles. The summed E-state index contributed by atoms with van der Waals surface area (Å²) >= 11 is 5.73. The van der Waals surface area contributed by atoms with Gasteiger partial charge in [-0.05, 0) is 49.2 Å². The van der Waals surface area contributed by atoms with Crippen molar-refractivity contribution >= 4 is 23.1 Å². The molecule has 0 spiro atoms. The highest BCUT2D eigenvalue weighted by molar-refractivity contribution is 6.28. The molecule has 0 bridgehead atoms. The highest BCUT2D eigenvalue weighted by Crippen LogP contribution is 2.22. The molecule has 0 aliphatic carbocycles. The van der Waals surface area contributed by atoms with E-state index in [9.17, 15) is 4.39 Å². The van der Waals surface area contributed by atoms with Gasteiger partial charge in [-0.25, -0.2) is 14.4 Å². The van der Waals surface area contributed by atoms with Crippen LogP contribution < -0.4 is 5.32 Å². The van der Waals surface area contributed by atoms with Crippen molar-refractivity contribution in [2.75, 3.05) is 5.32 Å². The molecular weight excluding hydrogens is 241 g/mol. The second kappa shape index (κ2) is 4.67. The van der Waals surface area contributed by atoms with Gasteiger partial charge in [-0.15, -0.1) is 0 Å². The predicted molar refractivity (Wildman–Crippen MR) is 66.2 cm³/mol. The molecule has 0 saturated carbocycles. The van der Waals surface area contributed by atoms with E-state index in [1.165, 1.54) is 12.1 Å². The Morgan fingerprint density at radius 1 is 1.24 bits per heavy atom. The van der Waals surface area contributed by atoms with Crippen LogP contribution >= 0.6 is 11.6 Å². The molecule has 0 saturated heterocycles. The minimum atomic E-state index is -0.259. The molecule has 1 aromatic carbocycles. The minimum Gasteiger partial charge on any atom is -0.340 e. The summed E-state index contributed by atoms with van der Waals surface area (Å²) in [5.41, 5.74) is 2.47. The van der Waals surface area contributed by atoms with Gasteiger partial charge in [0.15, 0.2) is 0 Å². The molecule has 0 amide bonds. The molecule has 1 aromatic heterocycles. The van der Waals surface area contributed by atoms with E-state index in [4.69, 9.17) is 11.6 Å². The van der Waals surface area contributed by atoms with Crippen molar-refractivity contribution in [2.45, 2.75) is 13.8 Å². The van der Waals surface area contributed by atoms with Crippen molar-refractivity contribution in [3.05, 3.63) is 46.6 Å². The third-order valence-electron chi connectivity index (χ3n) is 2.38. The fraction of sp³-hybridized carbons (Fsp3) is 0.167. The molecule has 0 aliphatic rings. The van der Waals surface area contributed by atoms with Gasteiger partial charge >= 0.3 is 0 Å². The standard InChI is InChI=1S/C12H11ClFN3/c1-7-5-9(14)3-4-10(7)16-11-8(2)6-15-12(13)17-11/h3-6H,1-2H3,(H,15,16,17). The first-order chi connectivity index (χ1) is 8.06. The molecule has 17 heavy (non-hydrogen) atoms. The Labute approximate surface area is 104 Å². The topological polar surface area (TPSA) is 37.8 Å². The number of aryl methyl sites for hydroxylation is 2.